The fraction of sp³-hybridized carbons (Fsp3) is 0.750. The first-order valence-electron chi connectivity index (χ1n) is 6.36. The number of rotatable bonds is 9. The van der Waals surface area contributed by atoms with Gasteiger partial charge in [-0.15, -0.1) is 0 Å². The van der Waals surface area contributed by atoms with Crippen LogP contribution in [-0.4, -0.2) is 55.5 Å². The number of hydrogen-bond acceptors (Lipinski definition) is 5. The van der Waals surface area contributed by atoms with Crippen LogP contribution >= 0.6 is 0 Å². The summed E-state index contributed by atoms with van der Waals surface area (Å²) in [5, 5.41) is 13.7. The molecule has 0 rings (SSSR count). The van der Waals surface area contributed by atoms with Crippen molar-refractivity contribution in [1.29, 1.82) is 0 Å². The molecule has 0 aliphatic rings. The third kappa shape index (κ3) is 8.30. The first-order chi connectivity index (χ1) is 9.40. The van der Waals surface area contributed by atoms with Crippen molar-refractivity contribution in [3.8, 4) is 0 Å². The maximum absolute atomic E-state index is 11.5. The van der Waals surface area contributed by atoms with Crippen LogP contribution in [0.2, 0.25) is 0 Å². The lowest BCUT2D eigenvalue weighted by Gasteiger charge is -2.16. The molecule has 0 bridgehead atoms. The SMILES string of the molecule is CCOC(C)CNC(=O)N[C@H](CCC(=O)OC)C(=O)O. The van der Waals surface area contributed by atoms with E-state index < -0.39 is 24.0 Å². The lowest BCUT2D eigenvalue weighted by molar-refractivity contribution is -0.142. The predicted octanol–water partition coefficient (Wildman–Crippen LogP) is 0.117. The molecule has 0 saturated carbocycles. The van der Waals surface area contributed by atoms with Crippen molar-refractivity contribution in [3.63, 3.8) is 0 Å². The largest absolute Gasteiger partial charge is 0.480 e. The van der Waals surface area contributed by atoms with E-state index >= 15 is 0 Å². The lowest BCUT2D eigenvalue weighted by atomic mass is 10.1. The highest BCUT2D eigenvalue weighted by molar-refractivity contribution is 5.83. The van der Waals surface area contributed by atoms with Gasteiger partial charge in [0.1, 0.15) is 6.04 Å². The van der Waals surface area contributed by atoms with Crippen LogP contribution in [0.15, 0.2) is 0 Å². The second-order valence-electron chi connectivity index (χ2n) is 4.13. The summed E-state index contributed by atoms with van der Waals surface area (Å²) >= 11 is 0. The Hall–Kier alpha value is -1.83. The Kier molecular flexibility index (Phi) is 9.10. The first-order valence-corrected chi connectivity index (χ1v) is 6.36. The number of aliphatic carboxylic acids is 1. The number of carbonyl (C=O) groups is 3. The summed E-state index contributed by atoms with van der Waals surface area (Å²) < 4.78 is 9.63. The Bertz CT molecular complexity index is 334. The maximum Gasteiger partial charge on any atom is 0.326 e. The van der Waals surface area contributed by atoms with Crippen molar-refractivity contribution in [2.75, 3.05) is 20.3 Å². The van der Waals surface area contributed by atoms with Crippen LogP contribution in [0.4, 0.5) is 4.79 Å². The van der Waals surface area contributed by atoms with Crippen LogP contribution in [0.5, 0.6) is 0 Å². The summed E-state index contributed by atoms with van der Waals surface area (Å²) in [6, 6.07) is -1.76. The van der Waals surface area contributed by atoms with E-state index in [0.717, 1.165) is 0 Å². The summed E-state index contributed by atoms with van der Waals surface area (Å²) in [7, 11) is 1.22. The number of methoxy groups -OCH3 is 1. The number of hydrogen-bond donors (Lipinski definition) is 3. The molecule has 0 spiro atoms. The summed E-state index contributed by atoms with van der Waals surface area (Å²) in [5.41, 5.74) is 0. The standard InChI is InChI=1S/C12H22N2O6/c1-4-20-8(2)7-13-12(18)14-9(11(16)17)5-6-10(15)19-3/h8-9H,4-7H2,1-3H3,(H,16,17)(H2,13,14,18)/t8?,9-/m1/s1. The molecule has 0 aromatic rings. The van der Waals surface area contributed by atoms with E-state index in [1.807, 2.05) is 6.92 Å². The molecule has 20 heavy (non-hydrogen) atoms. The van der Waals surface area contributed by atoms with Crippen LogP contribution in [0, 0.1) is 0 Å². The molecule has 8 nitrogen and oxygen atoms in total. The van der Waals surface area contributed by atoms with Gasteiger partial charge < -0.3 is 25.2 Å². The van der Waals surface area contributed by atoms with E-state index in [1.165, 1.54) is 7.11 Å². The Morgan fingerprint density at radius 2 is 1.95 bits per heavy atom. The van der Waals surface area contributed by atoms with Gasteiger partial charge in [-0.05, 0) is 20.3 Å². The zero-order valence-corrected chi connectivity index (χ0v) is 12.0. The van der Waals surface area contributed by atoms with Gasteiger partial charge in [0.15, 0.2) is 0 Å². The topological polar surface area (TPSA) is 114 Å². The molecule has 1 unspecified atom stereocenters. The molecule has 3 N–H and O–H groups in total. The monoisotopic (exact) mass is 290 g/mol. The van der Waals surface area contributed by atoms with Gasteiger partial charge in [0.05, 0.1) is 13.2 Å². The highest BCUT2D eigenvalue weighted by Gasteiger charge is 2.21. The minimum atomic E-state index is -1.21. The molecule has 2 amide bonds. The van der Waals surface area contributed by atoms with Gasteiger partial charge in [0.25, 0.3) is 0 Å². The number of ether oxygens (including phenoxy) is 2. The number of amides is 2. The van der Waals surface area contributed by atoms with Gasteiger partial charge in [0, 0.05) is 19.6 Å². The van der Waals surface area contributed by atoms with Crippen molar-refractivity contribution in [2.24, 2.45) is 0 Å². The summed E-state index contributed by atoms with van der Waals surface area (Å²) in [6.07, 6.45) is -0.274. The van der Waals surface area contributed by atoms with Crippen LogP contribution in [0.1, 0.15) is 26.7 Å². The Morgan fingerprint density at radius 3 is 2.45 bits per heavy atom. The van der Waals surface area contributed by atoms with Crippen molar-refractivity contribution < 1.29 is 29.0 Å². The van der Waals surface area contributed by atoms with E-state index in [4.69, 9.17) is 9.84 Å². The molecular formula is C12H22N2O6. The van der Waals surface area contributed by atoms with Crippen LogP contribution in [0.25, 0.3) is 0 Å². The smallest absolute Gasteiger partial charge is 0.326 e. The molecule has 0 fully saturated rings. The normalized spacial score (nSPS) is 13.2. The number of carboxylic acid groups (broad SMARTS) is 1. The van der Waals surface area contributed by atoms with Crippen molar-refractivity contribution in [2.45, 2.75) is 38.8 Å². The lowest BCUT2D eigenvalue weighted by Crippen LogP contribution is -2.47. The van der Waals surface area contributed by atoms with E-state index in [9.17, 15) is 14.4 Å². The van der Waals surface area contributed by atoms with Gasteiger partial charge in [-0.3, -0.25) is 4.79 Å². The molecule has 0 aromatic heterocycles. The summed E-state index contributed by atoms with van der Waals surface area (Å²) in [6.45, 7) is 4.42. The number of esters is 1. The van der Waals surface area contributed by atoms with Gasteiger partial charge >= 0.3 is 18.0 Å². The molecule has 0 aliphatic carbocycles. The Labute approximate surface area is 117 Å². The molecule has 0 saturated heterocycles. The molecule has 0 heterocycles. The highest BCUT2D eigenvalue weighted by atomic mass is 16.5. The zero-order valence-electron chi connectivity index (χ0n) is 12.0. The van der Waals surface area contributed by atoms with Gasteiger partial charge in [0.2, 0.25) is 0 Å². The Balaban J connectivity index is 4.14. The third-order valence-electron chi connectivity index (χ3n) is 2.47. The molecule has 0 aliphatic heterocycles. The predicted molar refractivity (Wildman–Crippen MR) is 70.3 cm³/mol. The van der Waals surface area contributed by atoms with Gasteiger partial charge in [-0.25, -0.2) is 9.59 Å². The van der Waals surface area contributed by atoms with Crippen molar-refractivity contribution in [1.82, 2.24) is 10.6 Å². The van der Waals surface area contributed by atoms with Crippen LogP contribution < -0.4 is 10.6 Å². The molecule has 116 valence electrons. The second kappa shape index (κ2) is 10.0. The quantitative estimate of drug-likeness (QED) is 0.520. The highest BCUT2D eigenvalue weighted by Crippen LogP contribution is 1.99. The molecule has 0 aromatic carbocycles. The number of nitrogens with one attached hydrogen (secondary N) is 2. The van der Waals surface area contributed by atoms with Gasteiger partial charge in [-0.2, -0.15) is 0 Å². The van der Waals surface area contributed by atoms with E-state index in [-0.39, 0.29) is 25.5 Å². The summed E-state index contributed by atoms with van der Waals surface area (Å²) in [4.78, 5) is 33.4. The average Bonchev–Trinajstić information content (AvgIpc) is 2.40. The first kappa shape index (κ1) is 18.2. The van der Waals surface area contributed by atoms with Crippen molar-refractivity contribution in [3.05, 3.63) is 0 Å². The average molecular weight is 290 g/mol. The van der Waals surface area contributed by atoms with Crippen LogP contribution in [-0.2, 0) is 19.1 Å². The fourth-order valence-electron chi connectivity index (χ4n) is 1.41. The van der Waals surface area contributed by atoms with Crippen LogP contribution in [0.3, 0.4) is 0 Å². The Morgan fingerprint density at radius 1 is 1.30 bits per heavy atom. The molecular weight excluding hydrogens is 268 g/mol. The molecule has 8 heteroatoms. The minimum absolute atomic E-state index is 0.0313. The fourth-order valence-corrected chi connectivity index (χ4v) is 1.41. The number of carbonyl (C=O) groups excluding carboxylic acids is 2. The molecule has 0 radical (unpaired) electrons. The van der Waals surface area contributed by atoms with Gasteiger partial charge in [-0.1, -0.05) is 0 Å². The minimum Gasteiger partial charge on any atom is -0.480 e. The zero-order chi connectivity index (χ0) is 15.5. The van der Waals surface area contributed by atoms with E-state index in [0.29, 0.717) is 6.61 Å². The van der Waals surface area contributed by atoms with Crippen molar-refractivity contribution >= 4 is 18.0 Å². The van der Waals surface area contributed by atoms with E-state index in [2.05, 4.69) is 15.4 Å². The number of urea groups is 1. The maximum atomic E-state index is 11.5. The summed E-state index contributed by atoms with van der Waals surface area (Å²) in [5.74, 6) is -1.73. The third-order valence-corrected chi connectivity index (χ3v) is 2.47. The number of carboxylic acids is 1. The molecule has 2 atom stereocenters. The van der Waals surface area contributed by atoms with E-state index in [1.54, 1.807) is 6.92 Å². The second-order valence-corrected chi connectivity index (χ2v) is 4.13.